The molecule has 3 unspecified atom stereocenters. The molecule has 0 aromatic heterocycles. The van der Waals surface area contributed by atoms with Gasteiger partial charge in [-0.15, -0.1) is 0 Å². The van der Waals surface area contributed by atoms with Crippen LogP contribution >= 0.6 is 0 Å². The molecule has 1 saturated heterocycles. The summed E-state index contributed by atoms with van der Waals surface area (Å²) >= 11 is 0. The van der Waals surface area contributed by atoms with E-state index in [1.807, 2.05) is 0 Å². The fourth-order valence-corrected chi connectivity index (χ4v) is 3.28. The van der Waals surface area contributed by atoms with Crippen molar-refractivity contribution < 1.29 is 0 Å². The Kier molecular flexibility index (Phi) is 4.42. The first-order chi connectivity index (χ1) is 7.23. The molecule has 1 aliphatic heterocycles. The normalized spacial score (nSPS) is 27.4. The van der Waals surface area contributed by atoms with Crippen LogP contribution in [-0.2, 0) is 0 Å². The Balaban J connectivity index is 2.69. The van der Waals surface area contributed by atoms with Gasteiger partial charge in [-0.1, -0.05) is 34.6 Å². The fraction of sp³-hybridized carbons (Fsp3) is 1.00. The summed E-state index contributed by atoms with van der Waals surface area (Å²) in [5, 5.41) is 0. The van der Waals surface area contributed by atoms with Gasteiger partial charge in [-0.25, -0.2) is 0 Å². The van der Waals surface area contributed by atoms with Crippen LogP contribution in [-0.4, -0.2) is 30.1 Å². The lowest BCUT2D eigenvalue weighted by atomic mass is 9.82. The molecule has 0 radical (unpaired) electrons. The van der Waals surface area contributed by atoms with Crippen molar-refractivity contribution >= 4 is 0 Å². The second-order valence-electron chi connectivity index (χ2n) is 6.96. The average molecular weight is 226 g/mol. The molecule has 0 aliphatic carbocycles. The SMILES string of the molecule is CC(C)C1CCN(C(C(C)N)C(C)(C)C)C1. The maximum Gasteiger partial charge on any atom is 0.0293 e. The fourth-order valence-electron chi connectivity index (χ4n) is 3.28. The highest BCUT2D eigenvalue weighted by molar-refractivity contribution is 4.93. The molecular weight excluding hydrogens is 196 g/mol. The summed E-state index contributed by atoms with van der Waals surface area (Å²) in [6.07, 6.45) is 1.34. The van der Waals surface area contributed by atoms with Crippen molar-refractivity contribution in [3.05, 3.63) is 0 Å². The number of likely N-dealkylation sites (tertiary alicyclic amines) is 1. The highest BCUT2D eigenvalue weighted by Gasteiger charge is 2.37. The lowest BCUT2D eigenvalue weighted by Gasteiger charge is -2.41. The zero-order valence-corrected chi connectivity index (χ0v) is 12.0. The average Bonchev–Trinajstić information content (AvgIpc) is 2.49. The minimum Gasteiger partial charge on any atom is -0.327 e. The molecule has 0 aromatic carbocycles. The number of nitrogens with two attached hydrogens (primary N) is 1. The van der Waals surface area contributed by atoms with Gasteiger partial charge in [0.2, 0.25) is 0 Å². The zero-order valence-electron chi connectivity index (χ0n) is 12.0. The second-order valence-corrected chi connectivity index (χ2v) is 6.96. The summed E-state index contributed by atoms with van der Waals surface area (Å²) < 4.78 is 0. The molecule has 3 atom stereocenters. The third-order valence-electron chi connectivity index (χ3n) is 3.98. The summed E-state index contributed by atoms with van der Waals surface area (Å²) in [5.74, 6) is 1.67. The molecule has 0 amide bonds. The standard InChI is InChI=1S/C14H30N2/c1-10(2)12-7-8-16(9-12)13(11(3)15)14(4,5)6/h10-13H,7-9,15H2,1-6H3. The van der Waals surface area contributed by atoms with Crippen LogP contribution < -0.4 is 5.73 Å². The van der Waals surface area contributed by atoms with Gasteiger partial charge in [-0.2, -0.15) is 0 Å². The van der Waals surface area contributed by atoms with E-state index < -0.39 is 0 Å². The second kappa shape index (κ2) is 5.05. The first-order valence-electron chi connectivity index (χ1n) is 6.73. The Labute approximate surface area is 102 Å². The number of rotatable bonds is 3. The molecule has 1 aliphatic rings. The molecule has 0 spiro atoms. The van der Waals surface area contributed by atoms with Gasteiger partial charge in [0, 0.05) is 18.6 Å². The Morgan fingerprint density at radius 3 is 2.06 bits per heavy atom. The third kappa shape index (κ3) is 3.21. The van der Waals surface area contributed by atoms with E-state index in [9.17, 15) is 0 Å². The molecule has 2 heteroatoms. The molecule has 16 heavy (non-hydrogen) atoms. The molecule has 2 N–H and O–H groups in total. The van der Waals surface area contributed by atoms with E-state index in [4.69, 9.17) is 5.73 Å². The molecule has 1 fully saturated rings. The van der Waals surface area contributed by atoms with E-state index in [0.29, 0.717) is 6.04 Å². The maximum atomic E-state index is 6.18. The van der Waals surface area contributed by atoms with Crippen LogP contribution in [0.25, 0.3) is 0 Å². The number of hydrogen-bond acceptors (Lipinski definition) is 2. The van der Waals surface area contributed by atoms with Crippen LogP contribution in [0.15, 0.2) is 0 Å². The number of hydrogen-bond donors (Lipinski definition) is 1. The molecular formula is C14H30N2. The Morgan fingerprint density at radius 1 is 1.19 bits per heavy atom. The zero-order chi connectivity index (χ0) is 12.5. The van der Waals surface area contributed by atoms with Crippen molar-refractivity contribution in [1.29, 1.82) is 0 Å². The summed E-state index contributed by atoms with van der Waals surface area (Å²) in [4.78, 5) is 2.62. The van der Waals surface area contributed by atoms with Crippen molar-refractivity contribution in [2.45, 2.75) is 60.0 Å². The monoisotopic (exact) mass is 226 g/mol. The van der Waals surface area contributed by atoms with Gasteiger partial charge < -0.3 is 5.73 Å². The molecule has 96 valence electrons. The Bertz CT molecular complexity index is 215. The Morgan fingerprint density at radius 2 is 1.75 bits per heavy atom. The molecule has 1 rings (SSSR count). The van der Waals surface area contributed by atoms with Gasteiger partial charge in [0.1, 0.15) is 0 Å². The van der Waals surface area contributed by atoms with E-state index >= 15 is 0 Å². The van der Waals surface area contributed by atoms with Crippen molar-refractivity contribution in [2.75, 3.05) is 13.1 Å². The van der Waals surface area contributed by atoms with Crippen LogP contribution in [0, 0.1) is 17.3 Å². The van der Waals surface area contributed by atoms with Crippen LogP contribution in [0.3, 0.4) is 0 Å². The third-order valence-corrected chi connectivity index (χ3v) is 3.98. The largest absolute Gasteiger partial charge is 0.327 e. The summed E-state index contributed by atoms with van der Waals surface area (Å²) in [6.45, 7) is 16.2. The lowest BCUT2D eigenvalue weighted by Crippen LogP contribution is -2.52. The minimum atomic E-state index is 0.255. The Hall–Kier alpha value is -0.0800. The van der Waals surface area contributed by atoms with Crippen LogP contribution in [0.4, 0.5) is 0 Å². The minimum absolute atomic E-state index is 0.255. The smallest absolute Gasteiger partial charge is 0.0293 e. The molecule has 0 aromatic rings. The maximum absolute atomic E-state index is 6.18. The highest BCUT2D eigenvalue weighted by Crippen LogP contribution is 2.32. The van der Waals surface area contributed by atoms with E-state index in [0.717, 1.165) is 11.8 Å². The first kappa shape index (κ1) is 14.0. The topological polar surface area (TPSA) is 29.3 Å². The first-order valence-corrected chi connectivity index (χ1v) is 6.73. The van der Waals surface area contributed by atoms with Crippen LogP contribution in [0.2, 0.25) is 0 Å². The van der Waals surface area contributed by atoms with Gasteiger partial charge >= 0.3 is 0 Å². The van der Waals surface area contributed by atoms with Crippen LogP contribution in [0.1, 0.15) is 48.0 Å². The van der Waals surface area contributed by atoms with Gasteiger partial charge in [-0.3, -0.25) is 4.90 Å². The predicted molar refractivity (Wildman–Crippen MR) is 71.4 cm³/mol. The number of nitrogens with zero attached hydrogens (tertiary/aromatic N) is 1. The predicted octanol–water partition coefficient (Wildman–Crippen LogP) is 2.73. The van der Waals surface area contributed by atoms with Crippen molar-refractivity contribution in [2.24, 2.45) is 23.0 Å². The van der Waals surface area contributed by atoms with Gasteiger partial charge in [0.25, 0.3) is 0 Å². The summed E-state index contributed by atoms with van der Waals surface area (Å²) in [7, 11) is 0. The lowest BCUT2D eigenvalue weighted by molar-refractivity contribution is 0.0988. The van der Waals surface area contributed by atoms with Crippen LogP contribution in [0.5, 0.6) is 0 Å². The van der Waals surface area contributed by atoms with E-state index in [1.165, 1.54) is 19.5 Å². The molecule has 1 heterocycles. The summed E-state index contributed by atoms with van der Waals surface area (Å²) in [5.41, 5.74) is 6.46. The summed E-state index contributed by atoms with van der Waals surface area (Å²) in [6, 6.07) is 0.766. The van der Waals surface area contributed by atoms with Crippen molar-refractivity contribution in [3.8, 4) is 0 Å². The van der Waals surface area contributed by atoms with Gasteiger partial charge in [0.05, 0.1) is 0 Å². The highest BCUT2D eigenvalue weighted by atomic mass is 15.2. The molecule has 2 nitrogen and oxygen atoms in total. The van der Waals surface area contributed by atoms with Crippen molar-refractivity contribution in [1.82, 2.24) is 4.90 Å². The van der Waals surface area contributed by atoms with E-state index in [1.54, 1.807) is 0 Å². The van der Waals surface area contributed by atoms with Crippen molar-refractivity contribution in [3.63, 3.8) is 0 Å². The van der Waals surface area contributed by atoms with E-state index in [-0.39, 0.29) is 11.5 Å². The quantitative estimate of drug-likeness (QED) is 0.802. The molecule has 0 bridgehead atoms. The van der Waals surface area contributed by atoms with Gasteiger partial charge in [-0.05, 0) is 37.1 Å². The van der Waals surface area contributed by atoms with E-state index in [2.05, 4.69) is 46.4 Å². The van der Waals surface area contributed by atoms with Gasteiger partial charge in [0.15, 0.2) is 0 Å². The molecule has 0 saturated carbocycles.